The van der Waals surface area contributed by atoms with E-state index in [1.165, 1.54) is 12.1 Å². The fraction of sp³-hybridized carbons (Fsp3) is 0.667. The maximum atomic E-state index is 13.2. The van der Waals surface area contributed by atoms with Crippen molar-refractivity contribution in [3.63, 3.8) is 0 Å². The molecule has 1 amide bonds. The van der Waals surface area contributed by atoms with Crippen molar-refractivity contribution in [2.45, 2.75) is 89.4 Å². The molecule has 0 bridgehead atoms. The van der Waals surface area contributed by atoms with E-state index >= 15 is 0 Å². The molecule has 1 aliphatic heterocycles. The molecule has 2 aliphatic rings. The number of aryl methyl sites for hydroxylation is 1. The van der Waals surface area contributed by atoms with E-state index in [9.17, 15) is 26.4 Å². The van der Waals surface area contributed by atoms with Crippen molar-refractivity contribution in [3.05, 3.63) is 28.8 Å². The molecule has 1 heterocycles. The summed E-state index contributed by atoms with van der Waals surface area (Å²) in [5.74, 6) is -0.406. The lowest BCUT2D eigenvalue weighted by Gasteiger charge is -2.44. The molecule has 31 heavy (non-hydrogen) atoms. The Kier molecular flexibility index (Phi) is 5.78. The zero-order valence-corrected chi connectivity index (χ0v) is 19.1. The van der Waals surface area contributed by atoms with Gasteiger partial charge in [0.05, 0.1) is 11.6 Å². The molecular formula is C21H28F3NO5S. The van der Waals surface area contributed by atoms with Gasteiger partial charge in [0.25, 0.3) is 0 Å². The highest BCUT2D eigenvalue weighted by Crippen LogP contribution is 2.55. The zero-order chi connectivity index (χ0) is 23.4. The third kappa shape index (κ3) is 4.23. The van der Waals surface area contributed by atoms with Gasteiger partial charge in [-0.3, -0.25) is 4.90 Å². The van der Waals surface area contributed by atoms with Gasteiger partial charge >= 0.3 is 21.7 Å². The SMILES string of the molecule is Cc1cc(OS(=O)(=O)C(F)(F)F)cc2c1C(C)N(C(=O)OC(C)(C)C)C21CCCCC1. The second kappa shape index (κ2) is 7.56. The zero-order valence-electron chi connectivity index (χ0n) is 18.3. The van der Waals surface area contributed by atoms with Gasteiger partial charge in [0.2, 0.25) is 0 Å². The van der Waals surface area contributed by atoms with Gasteiger partial charge in [-0.25, -0.2) is 4.79 Å². The normalized spacial score (nSPS) is 21.2. The summed E-state index contributed by atoms with van der Waals surface area (Å²) in [6, 6.07) is 2.24. The number of hydrogen-bond donors (Lipinski definition) is 0. The number of carbonyl (C=O) groups is 1. The Balaban J connectivity index is 2.12. The number of ether oxygens (including phenoxy) is 1. The topological polar surface area (TPSA) is 72.9 Å². The lowest BCUT2D eigenvalue weighted by atomic mass is 9.76. The highest BCUT2D eigenvalue weighted by molar-refractivity contribution is 7.88. The molecule has 0 radical (unpaired) electrons. The summed E-state index contributed by atoms with van der Waals surface area (Å²) in [6.45, 7) is 8.84. The summed E-state index contributed by atoms with van der Waals surface area (Å²) in [6.07, 6.45) is 3.36. The molecule has 0 saturated heterocycles. The average molecular weight is 464 g/mol. The first-order valence-corrected chi connectivity index (χ1v) is 11.7. The van der Waals surface area contributed by atoms with Gasteiger partial charge in [0.15, 0.2) is 0 Å². The Morgan fingerprint density at radius 1 is 1.13 bits per heavy atom. The molecule has 174 valence electrons. The summed E-state index contributed by atoms with van der Waals surface area (Å²) in [4.78, 5) is 14.9. The van der Waals surface area contributed by atoms with Crippen molar-refractivity contribution in [2.24, 2.45) is 0 Å². The smallest absolute Gasteiger partial charge is 0.444 e. The van der Waals surface area contributed by atoms with Crippen molar-refractivity contribution in [1.82, 2.24) is 4.90 Å². The molecule has 1 spiro atoms. The maximum Gasteiger partial charge on any atom is 0.534 e. The number of amides is 1. The van der Waals surface area contributed by atoms with E-state index in [0.717, 1.165) is 24.8 Å². The van der Waals surface area contributed by atoms with Crippen LogP contribution in [0.5, 0.6) is 5.75 Å². The Bertz CT molecular complexity index is 976. The van der Waals surface area contributed by atoms with Gasteiger partial charge in [-0.15, -0.1) is 0 Å². The van der Waals surface area contributed by atoms with Crippen molar-refractivity contribution in [1.29, 1.82) is 0 Å². The monoisotopic (exact) mass is 463 g/mol. The highest BCUT2D eigenvalue weighted by Gasteiger charge is 2.54. The Labute approximate surface area is 180 Å². The fourth-order valence-electron chi connectivity index (χ4n) is 4.85. The molecule has 1 aliphatic carbocycles. The van der Waals surface area contributed by atoms with E-state index in [4.69, 9.17) is 4.74 Å². The molecule has 3 rings (SSSR count). The van der Waals surface area contributed by atoms with Gasteiger partial charge in [-0.2, -0.15) is 21.6 Å². The second-order valence-corrected chi connectivity index (χ2v) is 10.8. The van der Waals surface area contributed by atoms with Gasteiger partial charge in [-0.1, -0.05) is 19.3 Å². The third-order valence-electron chi connectivity index (χ3n) is 5.89. The Morgan fingerprint density at radius 2 is 1.71 bits per heavy atom. The van der Waals surface area contributed by atoms with Gasteiger partial charge in [0.1, 0.15) is 11.4 Å². The number of carbonyl (C=O) groups excluding carboxylic acids is 1. The van der Waals surface area contributed by atoms with Crippen LogP contribution < -0.4 is 4.18 Å². The average Bonchev–Trinajstić information content (AvgIpc) is 2.81. The fourth-order valence-corrected chi connectivity index (χ4v) is 5.29. The summed E-state index contributed by atoms with van der Waals surface area (Å²) in [5.41, 5.74) is -5.03. The minimum Gasteiger partial charge on any atom is -0.444 e. The van der Waals surface area contributed by atoms with E-state index in [1.807, 2.05) is 6.92 Å². The maximum absolute atomic E-state index is 13.2. The van der Waals surface area contributed by atoms with E-state index in [2.05, 4.69) is 4.18 Å². The first-order valence-electron chi connectivity index (χ1n) is 10.3. The van der Waals surface area contributed by atoms with Crippen LogP contribution in [0.15, 0.2) is 12.1 Å². The third-order valence-corrected chi connectivity index (χ3v) is 6.87. The minimum atomic E-state index is -5.80. The van der Waals surface area contributed by atoms with Crippen LogP contribution in [0.2, 0.25) is 0 Å². The van der Waals surface area contributed by atoms with E-state index in [1.54, 1.807) is 32.6 Å². The summed E-state index contributed by atoms with van der Waals surface area (Å²) in [7, 11) is -5.80. The highest BCUT2D eigenvalue weighted by atomic mass is 32.2. The Hall–Kier alpha value is -1.97. The molecule has 0 aromatic heterocycles. The number of benzene rings is 1. The lowest BCUT2D eigenvalue weighted by Crippen LogP contribution is -2.48. The minimum absolute atomic E-state index is 0.378. The molecule has 1 fully saturated rings. The predicted molar refractivity (Wildman–Crippen MR) is 108 cm³/mol. The van der Waals surface area contributed by atoms with Crippen LogP contribution in [0.25, 0.3) is 0 Å². The summed E-state index contributed by atoms with van der Waals surface area (Å²) >= 11 is 0. The van der Waals surface area contributed by atoms with Gasteiger partial charge < -0.3 is 8.92 Å². The van der Waals surface area contributed by atoms with Gasteiger partial charge in [-0.05, 0) is 76.3 Å². The van der Waals surface area contributed by atoms with Crippen LogP contribution in [0, 0.1) is 6.92 Å². The molecule has 1 saturated carbocycles. The lowest BCUT2D eigenvalue weighted by molar-refractivity contribution is -0.0500. The van der Waals surface area contributed by atoms with E-state index < -0.39 is 38.6 Å². The van der Waals surface area contributed by atoms with Crippen LogP contribution in [0.1, 0.15) is 82.5 Å². The predicted octanol–water partition coefficient (Wildman–Crippen LogP) is 5.69. The summed E-state index contributed by atoms with van der Waals surface area (Å²) < 4.78 is 71.8. The van der Waals surface area contributed by atoms with E-state index in [-0.39, 0.29) is 6.04 Å². The number of alkyl halides is 3. The Morgan fingerprint density at radius 3 is 2.23 bits per heavy atom. The first kappa shape index (κ1) is 23.7. The van der Waals surface area contributed by atoms with Crippen molar-refractivity contribution < 1.29 is 35.3 Å². The van der Waals surface area contributed by atoms with Crippen LogP contribution in [-0.4, -0.2) is 30.5 Å². The molecule has 1 aromatic rings. The van der Waals surface area contributed by atoms with Crippen LogP contribution in [-0.2, 0) is 20.4 Å². The van der Waals surface area contributed by atoms with Crippen LogP contribution >= 0.6 is 0 Å². The molecule has 6 nitrogen and oxygen atoms in total. The number of rotatable bonds is 2. The molecule has 1 aromatic carbocycles. The molecular weight excluding hydrogens is 435 g/mol. The molecule has 1 atom stereocenters. The number of nitrogens with zero attached hydrogens (tertiary/aromatic N) is 1. The van der Waals surface area contributed by atoms with Crippen molar-refractivity contribution in [2.75, 3.05) is 0 Å². The van der Waals surface area contributed by atoms with Crippen LogP contribution in [0.3, 0.4) is 0 Å². The van der Waals surface area contributed by atoms with Crippen molar-refractivity contribution in [3.8, 4) is 5.75 Å². The molecule has 0 N–H and O–H groups in total. The second-order valence-electron chi connectivity index (χ2n) is 9.30. The largest absolute Gasteiger partial charge is 0.534 e. The number of hydrogen-bond acceptors (Lipinski definition) is 5. The van der Waals surface area contributed by atoms with E-state index in [0.29, 0.717) is 24.0 Å². The van der Waals surface area contributed by atoms with Crippen LogP contribution in [0.4, 0.5) is 18.0 Å². The quantitative estimate of drug-likeness (QED) is 0.416. The standard InChI is InChI=1S/C21H28F3NO5S/c1-13-11-15(30-31(27,28)21(22,23)24)12-16-17(13)14(2)25(18(26)29-19(3,4)5)20(16)9-7-6-8-10-20/h11-12,14H,6-10H2,1-5H3. The van der Waals surface area contributed by atoms with Gasteiger partial charge in [0, 0.05) is 0 Å². The molecule has 10 heteroatoms. The summed E-state index contributed by atoms with van der Waals surface area (Å²) in [5, 5.41) is 0. The first-order chi connectivity index (χ1) is 14.1. The molecule has 1 unspecified atom stereocenters. The van der Waals surface area contributed by atoms with Crippen molar-refractivity contribution >= 4 is 16.2 Å². The number of fused-ring (bicyclic) bond motifs is 2. The number of halogens is 3.